The van der Waals surface area contributed by atoms with Crippen LogP contribution in [0.5, 0.6) is 0 Å². The van der Waals surface area contributed by atoms with Crippen molar-refractivity contribution in [3.8, 4) is 0 Å². The third-order valence-electron chi connectivity index (χ3n) is 4.39. The molecule has 1 saturated heterocycles. The summed E-state index contributed by atoms with van der Waals surface area (Å²) in [6, 6.07) is 1.32. The van der Waals surface area contributed by atoms with Crippen molar-refractivity contribution >= 4 is 11.8 Å². The van der Waals surface area contributed by atoms with Crippen LogP contribution < -0.4 is 10.6 Å². The minimum atomic E-state index is -0.574. The first kappa shape index (κ1) is 14.6. The summed E-state index contributed by atoms with van der Waals surface area (Å²) < 4.78 is 0. The van der Waals surface area contributed by atoms with Crippen LogP contribution in [-0.4, -0.2) is 47.9 Å². The van der Waals surface area contributed by atoms with Crippen LogP contribution in [-0.2, 0) is 0 Å². The maximum atomic E-state index is 10.2. The second kappa shape index (κ2) is 6.60. The predicted molar refractivity (Wildman–Crippen MR) is 79.2 cm³/mol. The molecule has 106 valence electrons. The van der Waals surface area contributed by atoms with E-state index < -0.39 is 5.60 Å². The van der Waals surface area contributed by atoms with Crippen molar-refractivity contribution < 1.29 is 5.11 Å². The highest BCUT2D eigenvalue weighted by atomic mass is 32.2. The van der Waals surface area contributed by atoms with Crippen LogP contribution in [0.25, 0.3) is 0 Å². The highest BCUT2D eigenvalue weighted by molar-refractivity contribution is 7.98. The summed E-state index contributed by atoms with van der Waals surface area (Å²) in [5.74, 6) is 1.58. The predicted octanol–water partition coefficient (Wildman–Crippen LogP) is 1.61. The summed E-state index contributed by atoms with van der Waals surface area (Å²) in [7, 11) is 0. The van der Waals surface area contributed by atoms with Crippen LogP contribution in [0.1, 0.15) is 39.0 Å². The molecular formula is C14H28N2OS. The largest absolute Gasteiger partial charge is 0.388 e. The van der Waals surface area contributed by atoms with Gasteiger partial charge in [0.05, 0.1) is 5.60 Å². The average Bonchev–Trinajstić information content (AvgIpc) is 2.97. The molecule has 0 aromatic carbocycles. The van der Waals surface area contributed by atoms with Gasteiger partial charge in [0.1, 0.15) is 0 Å². The monoisotopic (exact) mass is 272 g/mol. The lowest BCUT2D eigenvalue weighted by Crippen LogP contribution is -2.48. The van der Waals surface area contributed by atoms with E-state index in [9.17, 15) is 5.11 Å². The number of thioether (sulfide) groups is 1. The number of rotatable bonds is 6. The molecular weight excluding hydrogens is 244 g/mol. The molecule has 4 atom stereocenters. The molecule has 1 aliphatic carbocycles. The molecule has 4 heteroatoms. The fourth-order valence-corrected chi connectivity index (χ4v) is 4.24. The molecule has 1 aliphatic heterocycles. The molecule has 0 aromatic rings. The lowest BCUT2D eigenvalue weighted by Gasteiger charge is -2.30. The molecule has 4 unspecified atom stereocenters. The molecule has 1 saturated carbocycles. The standard InChI is InChI=1S/C14H28N2OS/c1-14(17,10-18-2)9-16-13-6-3-5-11(13)12-7-4-8-15-12/h11-13,15-17H,3-10H2,1-2H3. The van der Waals surface area contributed by atoms with Crippen molar-refractivity contribution in [2.45, 2.75) is 56.7 Å². The van der Waals surface area contributed by atoms with E-state index in [0.717, 1.165) is 24.3 Å². The molecule has 3 nitrogen and oxygen atoms in total. The summed E-state index contributed by atoms with van der Waals surface area (Å²) >= 11 is 1.71. The smallest absolute Gasteiger partial charge is 0.0833 e. The van der Waals surface area contributed by atoms with E-state index in [4.69, 9.17) is 0 Å². The van der Waals surface area contributed by atoms with Crippen molar-refractivity contribution in [3.63, 3.8) is 0 Å². The minimum absolute atomic E-state index is 0.574. The van der Waals surface area contributed by atoms with Crippen molar-refractivity contribution in [2.24, 2.45) is 5.92 Å². The first-order valence-electron chi connectivity index (χ1n) is 7.30. The Hall–Kier alpha value is 0.230. The Balaban J connectivity index is 1.80. The molecule has 0 spiro atoms. The number of hydrogen-bond donors (Lipinski definition) is 3. The Bertz CT molecular complexity index is 254. The van der Waals surface area contributed by atoms with Gasteiger partial charge >= 0.3 is 0 Å². The SMILES string of the molecule is CSCC(C)(O)CNC1CCCC1C1CCCN1. The van der Waals surface area contributed by atoms with E-state index in [-0.39, 0.29) is 0 Å². The van der Waals surface area contributed by atoms with Gasteiger partial charge < -0.3 is 15.7 Å². The van der Waals surface area contributed by atoms with Gasteiger partial charge in [0.2, 0.25) is 0 Å². The molecule has 18 heavy (non-hydrogen) atoms. The number of hydrogen-bond acceptors (Lipinski definition) is 4. The van der Waals surface area contributed by atoms with Crippen LogP contribution in [0, 0.1) is 5.92 Å². The van der Waals surface area contributed by atoms with Crippen LogP contribution in [0.2, 0.25) is 0 Å². The third-order valence-corrected chi connectivity index (χ3v) is 5.30. The second-order valence-corrected chi connectivity index (χ2v) is 7.08. The lowest BCUT2D eigenvalue weighted by atomic mass is 9.92. The van der Waals surface area contributed by atoms with Crippen LogP contribution >= 0.6 is 11.8 Å². The van der Waals surface area contributed by atoms with Crippen molar-refractivity contribution in [3.05, 3.63) is 0 Å². The average molecular weight is 272 g/mol. The first-order chi connectivity index (χ1) is 8.62. The highest BCUT2D eigenvalue weighted by Crippen LogP contribution is 2.32. The van der Waals surface area contributed by atoms with E-state index in [1.54, 1.807) is 11.8 Å². The summed E-state index contributed by atoms with van der Waals surface area (Å²) in [4.78, 5) is 0. The van der Waals surface area contributed by atoms with Gasteiger partial charge in [-0.25, -0.2) is 0 Å². The minimum Gasteiger partial charge on any atom is -0.388 e. The van der Waals surface area contributed by atoms with Crippen LogP contribution in [0.15, 0.2) is 0 Å². The van der Waals surface area contributed by atoms with Gasteiger partial charge in [0.15, 0.2) is 0 Å². The van der Waals surface area contributed by atoms with E-state index in [1.807, 2.05) is 6.92 Å². The van der Waals surface area contributed by atoms with Crippen molar-refractivity contribution in [2.75, 3.05) is 25.1 Å². The maximum absolute atomic E-state index is 10.2. The van der Waals surface area contributed by atoms with Gasteiger partial charge in [0, 0.05) is 24.4 Å². The highest BCUT2D eigenvalue weighted by Gasteiger charge is 2.35. The normalized spacial score (nSPS) is 35.8. The fourth-order valence-electron chi connectivity index (χ4n) is 3.51. The second-order valence-electron chi connectivity index (χ2n) is 6.21. The Morgan fingerprint density at radius 3 is 2.83 bits per heavy atom. The molecule has 2 aliphatic rings. The first-order valence-corrected chi connectivity index (χ1v) is 8.70. The zero-order chi connectivity index (χ0) is 13.0. The van der Waals surface area contributed by atoms with Crippen molar-refractivity contribution in [1.29, 1.82) is 0 Å². The van der Waals surface area contributed by atoms with E-state index in [0.29, 0.717) is 6.04 Å². The molecule has 0 radical (unpaired) electrons. The third kappa shape index (κ3) is 3.86. The van der Waals surface area contributed by atoms with E-state index >= 15 is 0 Å². The topological polar surface area (TPSA) is 44.3 Å². The Kier molecular flexibility index (Phi) is 5.36. The van der Waals surface area contributed by atoms with Crippen LogP contribution in [0.3, 0.4) is 0 Å². The van der Waals surface area contributed by atoms with Gasteiger partial charge in [-0.15, -0.1) is 0 Å². The maximum Gasteiger partial charge on any atom is 0.0833 e. The zero-order valence-corrected chi connectivity index (χ0v) is 12.6. The molecule has 0 amide bonds. The summed E-state index contributed by atoms with van der Waals surface area (Å²) in [5, 5.41) is 17.5. The Morgan fingerprint density at radius 1 is 1.33 bits per heavy atom. The van der Waals surface area contributed by atoms with Gasteiger partial charge in [-0.3, -0.25) is 0 Å². The number of nitrogens with one attached hydrogen (secondary N) is 2. The Labute approximate surface area is 115 Å². The summed E-state index contributed by atoms with van der Waals surface area (Å²) in [6.45, 7) is 3.86. The van der Waals surface area contributed by atoms with Gasteiger partial charge in [-0.1, -0.05) is 6.42 Å². The van der Waals surface area contributed by atoms with Gasteiger partial charge in [-0.2, -0.15) is 11.8 Å². The quantitative estimate of drug-likeness (QED) is 0.687. The molecule has 2 fully saturated rings. The molecule has 0 bridgehead atoms. The van der Waals surface area contributed by atoms with E-state index in [2.05, 4.69) is 16.9 Å². The van der Waals surface area contributed by atoms with E-state index in [1.165, 1.54) is 38.6 Å². The lowest BCUT2D eigenvalue weighted by molar-refractivity contribution is 0.0786. The fraction of sp³-hybridized carbons (Fsp3) is 1.00. The van der Waals surface area contributed by atoms with Gasteiger partial charge in [0.25, 0.3) is 0 Å². The zero-order valence-electron chi connectivity index (χ0n) is 11.7. The molecule has 3 N–H and O–H groups in total. The number of aliphatic hydroxyl groups is 1. The van der Waals surface area contributed by atoms with Gasteiger partial charge in [-0.05, 0) is 51.3 Å². The molecule has 0 aromatic heterocycles. The summed E-state index contributed by atoms with van der Waals surface area (Å²) in [5.41, 5.74) is -0.574. The Morgan fingerprint density at radius 2 is 2.17 bits per heavy atom. The van der Waals surface area contributed by atoms with Crippen molar-refractivity contribution in [1.82, 2.24) is 10.6 Å². The summed E-state index contributed by atoms with van der Waals surface area (Å²) in [6.07, 6.45) is 8.68. The van der Waals surface area contributed by atoms with Crippen LogP contribution in [0.4, 0.5) is 0 Å². The molecule has 1 heterocycles. The molecule has 2 rings (SSSR count).